The molecular weight excluding hydrogens is 316 g/mol. The topological polar surface area (TPSA) is 59.1 Å². The van der Waals surface area contributed by atoms with Gasteiger partial charge in [0.2, 0.25) is 10.0 Å². The van der Waals surface area contributed by atoms with Crippen LogP contribution in [0.4, 0.5) is 0 Å². The third kappa shape index (κ3) is 4.23. The van der Waals surface area contributed by atoms with Crippen molar-refractivity contribution in [1.29, 1.82) is 0 Å². The number of nitrogens with zero attached hydrogens (tertiary/aromatic N) is 2. The Bertz CT molecular complexity index is 640. The summed E-state index contributed by atoms with van der Waals surface area (Å²) in [5, 5.41) is 0. The first-order valence-corrected chi connectivity index (χ1v) is 9.22. The summed E-state index contributed by atoms with van der Waals surface area (Å²) in [6.07, 6.45) is 0. The number of ether oxygens (including phenoxy) is 2. The van der Waals surface area contributed by atoms with E-state index in [9.17, 15) is 8.42 Å². The summed E-state index contributed by atoms with van der Waals surface area (Å²) in [6.45, 7) is 7.97. The smallest absolute Gasteiger partial charge is 0.243 e. The first-order chi connectivity index (χ1) is 10.9. The van der Waals surface area contributed by atoms with Crippen molar-refractivity contribution in [2.24, 2.45) is 0 Å². The molecule has 0 bridgehead atoms. The van der Waals surface area contributed by atoms with Gasteiger partial charge in [-0.05, 0) is 37.1 Å². The minimum absolute atomic E-state index is 0.347. The summed E-state index contributed by atoms with van der Waals surface area (Å²) in [5.41, 5.74) is 1.52. The van der Waals surface area contributed by atoms with Crippen molar-refractivity contribution in [3.8, 4) is 5.75 Å². The van der Waals surface area contributed by atoms with Crippen LogP contribution in [0.25, 0.3) is 0 Å². The van der Waals surface area contributed by atoms with Gasteiger partial charge in [0, 0.05) is 33.2 Å². The Morgan fingerprint density at radius 2 is 1.87 bits per heavy atom. The van der Waals surface area contributed by atoms with Gasteiger partial charge in [-0.3, -0.25) is 4.90 Å². The zero-order valence-corrected chi connectivity index (χ0v) is 15.1. The monoisotopic (exact) mass is 342 g/mol. The van der Waals surface area contributed by atoms with E-state index in [1.54, 1.807) is 33.2 Å². The van der Waals surface area contributed by atoms with Crippen LogP contribution >= 0.6 is 0 Å². The Kier molecular flexibility index (Phi) is 6.02. The largest absolute Gasteiger partial charge is 0.496 e. The van der Waals surface area contributed by atoms with Gasteiger partial charge >= 0.3 is 0 Å². The normalized spacial score (nSPS) is 16.7. The molecule has 1 heterocycles. The van der Waals surface area contributed by atoms with Gasteiger partial charge < -0.3 is 9.47 Å². The Labute approximate surface area is 139 Å². The highest BCUT2D eigenvalue weighted by atomic mass is 32.2. The minimum atomic E-state index is -3.50. The molecule has 1 aliphatic heterocycles. The molecule has 1 aromatic carbocycles. The van der Waals surface area contributed by atoms with Gasteiger partial charge in [-0.1, -0.05) is 0 Å². The molecule has 7 heteroatoms. The van der Waals surface area contributed by atoms with Crippen LogP contribution in [0.1, 0.15) is 11.1 Å². The third-order valence-corrected chi connectivity index (χ3v) is 6.21. The van der Waals surface area contributed by atoms with E-state index in [0.29, 0.717) is 42.5 Å². The standard InChI is InChI=1S/C16H26N2O4S/c1-13-12-16(14(2)11-15(13)21-4)23(19,20)17(3)5-6-18-7-9-22-10-8-18/h11-12H,5-10H2,1-4H3. The molecule has 23 heavy (non-hydrogen) atoms. The van der Waals surface area contributed by atoms with E-state index in [-0.39, 0.29) is 0 Å². The molecule has 1 saturated heterocycles. The van der Waals surface area contributed by atoms with Crippen LogP contribution in [0.2, 0.25) is 0 Å². The van der Waals surface area contributed by atoms with E-state index < -0.39 is 10.0 Å². The van der Waals surface area contributed by atoms with E-state index in [1.807, 2.05) is 6.92 Å². The Balaban J connectivity index is 2.12. The summed E-state index contributed by atoms with van der Waals surface area (Å²) in [6, 6.07) is 3.47. The molecule has 0 amide bonds. The first-order valence-electron chi connectivity index (χ1n) is 7.78. The van der Waals surface area contributed by atoms with Crippen LogP contribution in [0.15, 0.2) is 17.0 Å². The van der Waals surface area contributed by atoms with Gasteiger partial charge in [0.25, 0.3) is 0 Å². The van der Waals surface area contributed by atoms with Gasteiger partial charge in [0.15, 0.2) is 0 Å². The number of sulfonamides is 1. The molecule has 1 fully saturated rings. The fraction of sp³-hybridized carbons (Fsp3) is 0.625. The SMILES string of the molecule is COc1cc(C)c(S(=O)(=O)N(C)CCN2CCOCC2)cc1C. The number of aryl methyl sites for hydroxylation is 2. The fourth-order valence-electron chi connectivity index (χ4n) is 2.66. The third-order valence-electron chi connectivity index (χ3n) is 4.22. The molecule has 1 aliphatic rings. The van der Waals surface area contributed by atoms with E-state index >= 15 is 0 Å². The lowest BCUT2D eigenvalue weighted by Gasteiger charge is -2.28. The maximum atomic E-state index is 12.8. The lowest BCUT2D eigenvalue weighted by molar-refractivity contribution is 0.0368. The van der Waals surface area contributed by atoms with Crippen LogP contribution < -0.4 is 4.74 Å². The van der Waals surface area contributed by atoms with E-state index in [0.717, 1.165) is 18.7 Å². The maximum Gasteiger partial charge on any atom is 0.243 e. The van der Waals surface area contributed by atoms with E-state index in [2.05, 4.69) is 4.90 Å². The van der Waals surface area contributed by atoms with Crippen LogP contribution in [0.3, 0.4) is 0 Å². The summed E-state index contributed by atoms with van der Waals surface area (Å²) in [7, 11) is -0.277. The molecule has 0 N–H and O–H groups in total. The van der Waals surface area contributed by atoms with E-state index in [4.69, 9.17) is 9.47 Å². The van der Waals surface area contributed by atoms with Gasteiger partial charge in [-0.2, -0.15) is 4.31 Å². The number of methoxy groups -OCH3 is 1. The molecule has 130 valence electrons. The molecule has 0 spiro atoms. The van der Waals surface area contributed by atoms with Gasteiger partial charge in [-0.25, -0.2) is 8.42 Å². The molecule has 0 unspecified atom stereocenters. The number of hydrogen-bond acceptors (Lipinski definition) is 5. The first kappa shape index (κ1) is 18.2. The van der Waals surface area contributed by atoms with Crippen molar-refractivity contribution in [3.63, 3.8) is 0 Å². The Hall–Kier alpha value is -1.15. The Morgan fingerprint density at radius 3 is 2.48 bits per heavy atom. The summed E-state index contributed by atoms with van der Waals surface area (Å²) in [5.74, 6) is 0.706. The number of rotatable bonds is 6. The zero-order chi connectivity index (χ0) is 17.0. The van der Waals surface area contributed by atoms with Gasteiger partial charge in [-0.15, -0.1) is 0 Å². The lowest BCUT2D eigenvalue weighted by atomic mass is 10.1. The van der Waals surface area contributed by atoms with Gasteiger partial charge in [0.1, 0.15) is 5.75 Å². The van der Waals surface area contributed by atoms with Crippen molar-refractivity contribution in [2.45, 2.75) is 18.7 Å². The summed E-state index contributed by atoms with van der Waals surface area (Å²) in [4.78, 5) is 2.57. The number of morpholine rings is 1. The molecule has 0 radical (unpaired) electrons. The summed E-state index contributed by atoms with van der Waals surface area (Å²) >= 11 is 0. The molecule has 6 nitrogen and oxygen atoms in total. The highest BCUT2D eigenvalue weighted by Gasteiger charge is 2.24. The zero-order valence-electron chi connectivity index (χ0n) is 14.3. The number of likely N-dealkylation sites (N-methyl/N-ethyl adjacent to an activating group) is 1. The van der Waals surface area contributed by atoms with Crippen LogP contribution in [0.5, 0.6) is 5.75 Å². The average molecular weight is 342 g/mol. The molecule has 0 saturated carbocycles. The van der Waals surface area contributed by atoms with Crippen LogP contribution in [0, 0.1) is 13.8 Å². The fourth-order valence-corrected chi connectivity index (χ4v) is 4.11. The van der Waals surface area contributed by atoms with E-state index in [1.165, 1.54) is 4.31 Å². The number of benzene rings is 1. The highest BCUT2D eigenvalue weighted by Crippen LogP contribution is 2.27. The van der Waals surface area contributed by atoms with Crippen molar-refractivity contribution in [2.75, 3.05) is 53.6 Å². The second-order valence-corrected chi connectivity index (χ2v) is 7.88. The number of hydrogen-bond donors (Lipinski definition) is 0. The minimum Gasteiger partial charge on any atom is -0.496 e. The van der Waals surface area contributed by atoms with Crippen molar-refractivity contribution >= 4 is 10.0 Å². The molecule has 1 aromatic rings. The summed E-state index contributed by atoms with van der Waals surface area (Å²) < 4.78 is 37.6. The molecule has 0 aliphatic carbocycles. The van der Waals surface area contributed by atoms with Gasteiger partial charge in [0.05, 0.1) is 25.2 Å². The predicted molar refractivity (Wildman–Crippen MR) is 89.5 cm³/mol. The molecule has 2 rings (SSSR count). The Morgan fingerprint density at radius 1 is 1.22 bits per heavy atom. The van der Waals surface area contributed by atoms with Crippen molar-refractivity contribution < 1.29 is 17.9 Å². The molecular formula is C16H26N2O4S. The predicted octanol–water partition coefficient (Wildman–Crippen LogP) is 1.26. The maximum absolute atomic E-state index is 12.8. The quantitative estimate of drug-likeness (QED) is 0.779. The van der Waals surface area contributed by atoms with Crippen LogP contribution in [-0.4, -0.2) is 71.2 Å². The second kappa shape index (κ2) is 7.61. The van der Waals surface area contributed by atoms with Crippen LogP contribution in [-0.2, 0) is 14.8 Å². The molecule has 0 aromatic heterocycles. The van der Waals surface area contributed by atoms with Crippen molar-refractivity contribution in [3.05, 3.63) is 23.3 Å². The van der Waals surface area contributed by atoms with Crippen molar-refractivity contribution in [1.82, 2.24) is 9.21 Å². The second-order valence-electron chi connectivity index (χ2n) is 5.87. The average Bonchev–Trinajstić information content (AvgIpc) is 2.55. The molecule has 0 atom stereocenters. The lowest BCUT2D eigenvalue weighted by Crippen LogP contribution is -2.42. The highest BCUT2D eigenvalue weighted by molar-refractivity contribution is 7.89.